The molecule has 1 aliphatic rings. The third-order valence-electron chi connectivity index (χ3n) is 5.07. The Bertz CT molecular complexity index is 979. The maximum Gasteiger partial charge on any atom is 0.330 e. The standard InChI is InChI=1S/C21H35N3O8P2/c1-6-29-34(27,30-7-2)12-9-17-18(32-33(15(3)4)28-11-8-10-22)13-19(31-17)24-14-16(5)20(25)23-21(24)26/h14-15,17-19H,6-9,11-13H2,1-5H3,(H,23,25,26). The normalized spacial score (nSPS) is 21.6. The van der Waals surface area contributed by atoms with Gasteiger partial charge in [0.15, 0.2) is 8.38 Å². The summed E-state index contributed by atoms with van der Waals surface area (Å²) in [6, 6.07) is 2.05. The van der Waals surface area contributed by atoms with Gasteiger partial charge in [-0.05, 0) is 27.2 Å². The van der Waals surface area contributed by atoms with E-state index in [1.54, 1.807) is 20.8 Å². The quantitative estimate of drug-likeness (QED) is 0.287. The molecule has 1 aromatic heterocycles. The van der Waals surface area contributed by atoms with Gasteiger partial charge in [-0.1, -0.05) is 13.8 Å². The second-order valence-corrected chi connectivity index (χ2v) is 12.3. The molecule has 4 atom stereocenters. The molecular formula is C21H35N3O8P2. The number of aryl methyl sites for hydroxylation is 1. The molecule has 1 fully saturated rings. The molecule has 0 aliphatic carbocycles. The van der Waals surface area contributed by atoms with Crippen LogP contribution in [-0.2, 0) is 27.4 Å². The van der Waals surface area contributed by atoms with E-state index in [4.69, 9.17) is 28.1 Å². The Morgan fingerprint density at radius 1 is 1.32 bits per heavy atom. The summed E-state index contributed by atoms with van der Waals surface area (Å²) in [7, 11) is -4.64. The summed E-state index contributed by atoms with van der Waals surface area (Å²) in [4.78, 5) is 26.5. The highest BCUT2D eigenvalue weighted by Gasteiger charge is 2.41. The van der Waals surface area contributed by atoms with Crippen molar-refractivity contribution in [2.45, 2.75) is 78.0 Å². The minimum atomic E-state index is -3.30. The molecular weight excluding hydrogens is 484 g/mol. The van der Waals surface area contributed by atoms with E-state index in [0.29, 0.717) is 18.4 Å². The zero-order valence-corrected chi connectivity index (χ0v) is 22.2. The van der Waals surface area contributed by atoms with E-state index < -0.39 is 45.7 Å². The van der Waals surface area contributed by atoms with Gasteiger partial charge in [0.05, 0.1) is 50.7 Å². The molecule has 0 spiro atoms. The van der Waals surface area contributed by atoms with Crippen molar-refractivity contribution in [1.82, 2.24) is 9.55 Å². The number of nitrogens with one attached hydrogen (secondary N) is 1. The number of aromatic amines is 1. The number of hydrogen-bond donors (Lipinski definition) is 1. The number of aromatic nitrogens is 2. The molecule has 2 heterocycles. The Labute approximate surface area is 201 Å². The van der Waals surface area contributed by atoms with Crippen molar-refractivity contribution >= 4 is 16.0 Å². The first-order chi connectivity index (χ1) is 16.1. The van der Waals surface area contributed by atoms with Crippen LogP contribution in [0.15, 0.2) is 15.8 Å². The Morgan fingerprint density at radius 3 is 2.59 bits per heavy atom. The highest BCUT2D eigenvalue weighted by molar-refractivity contribution is 7.53. The van der Waals surface area contributed by atoms with Crippen LogP contribution in [0.5, 0.6) is 0 Å². The topological polar surface area (TPSA) is 142 Å². The molecule has 192 valence electrons. The second-order valence-electron chi connectivity index (χ2n) is 8.07. The van der Waals surface area contributed by atoms with Gasteiger partial charge in [-0.25, -0.2) is 4.79 Å². The molecule has 1 saturated heterocycles. The van der Waals surface area contributed by atoms with E-state index in [1.165, 1.54) is 10.8 Å². The molecule has 0 bridgehead atoms. The number of hydrogen-bond acceptors (Lipinski definition) is 9. The van der Waals surface area contributed by atoms with Crippen molar-refractivity contribution in [1.29, 1.82) is 5.26 Å². The molecule has 0 radical (unpaired) electrons. The number of nitriles is 1. The largest absolute Gasteiger partial charge is 0.352 e. The highest BCUT2D eigenvalue weighted by Crippen LogP contribution is 2.52. The summed E-state index contributed by atoms with van der Waals surface area (Å²) in [6.45, 7) is 9.80. The van der Waals surface area contributed by atoms with Crippen LogP contribution >= 0.6 is 16.0 Å². The van der Waals surface area contributed by atoms with E-state index >= 15 is 0 Å². The van der Waals surface area contributed by atoms with E-state index in [2.05, 4.69) is 4.98 Å². The minimum Gasteiger partial charge on any atom is -0.352 e. The summed E-state index contributed by atoms with van der Waals surface area (Å²) in [6.07, 6.45) is 0.829. The minimum absolute atomic E-state index is 0.0596. The summed E-state index contributed by atoms with van der Waals surface area (Å²) in [5.74, 6) is 0. The van der Waals surface area contributed by atoms with Crippen molar-refractivity contribution in [3.8, 4) is 6.07 Å². The predicted molar refractivity (Wildman–Crippen MR) is 128 cm³/mol. The molecule has 4 unspecified atom stereocenters. The zero-order valence-electron chi connectivity index (χ0n) is 20.4. The van der Waals surface area contributed by atoms with E-state index in [-0.39, 0.29) is 38.1 Å². The van der Waals surface area contributed by atoms with E-state index in [1.807, 2.05) is 19.9 Å². The molecule has 1 aromatic rings. The van der Waals surface area contributed by atoms with Crippen LogP contribution in [0.3, 0.4) is 0 Å². The average Bonchev–Trinajstić information content (AvgIpc) is 3.17. The Hall–Kier alpha value is -1.37. The molecule has 34 heavy (non-hydrogen) atoms. The lowest BCUT2D eigenvalue weighted by Crippen LogP contribution is -2.33. The van der Waals surface area contributed by atoms with Gasteiger partial charge < -0.3 is 22.8 Å². The van der Waals surface area contributed by atoms with Crippen LogP contribution in [0.2, 0.25) is 0 Å². The summed E-state index contributed by atoms with van der Waals surface area (Å²) >= 11 is 0. The second kappa shape index (κ2) is 13.6. The van der Waals surface area contributed by atoms with Crippen molar-refractivity contribution in [3.05, 3.63) is 32.6 Å². The summed E-state index contributed by atoms with van der Waals surface area (Å²) in [5, 5.41) is 8.81. The molecule has 2 rings (SSSR count). The van der Waals surface area contributed by atoms with Crippen LogP contribution in [0.4, 0.5) is 0 Å². The molecule has 1 aliphatic heterocycles. The summed E-state index contributed by atoms with van der Waals surface area (Å²) < 4.78 is 43.4. The maximum absolute atomic E-state index is 13.0. The van der Waals surface area contributed by atoms with Crippen molar-refractivity contribution < 1.29 is 27.4 Å². The van der Waals surface area contributed by atoms with Crippen LogP contribution in [0.1, 0.15) is 58.7 Å². The Morgan fingerprint density at radius 2 is 2.00 bits per heavy atom. The van der Waals surface area contributed by atoms with Gasteiger partial charge in [-0.2, -0.15) is 5.26 Å². The number of H-pyrrole nitrogens is 1. The monoisotopic (exact) mass is 519 g/mol. The van der Waals surface area contributed by atoms with E-state index in [0.717, 1.165) is 0 Å². The Balaban J connectivity index is 2.26. The van der Waals surface area contributed by atoms with Crippen molar-refractivity contribution in [3.63, 3.8) is 0 Å². The molecule has 1 N–H and O–H groups in total. The van der Waals surface area contributed by atoms with Crippen LogP contribution in [-0.4, -0.2) is 53.4 Å². The molecule has 0 aromatic carbocycles. The fourth-order valence-corrected chi connectivity index (χ4v) is 6.55. The third kappa shape index (κ3) is 8.10. The molecule has 11 nitrogen and oxygen atoms in total. The van der Waals surface area contributed by atoms with Crippen LogP contribution < -0.4 is 11.2 Å². The van der Waals surface area contributed by atoms with Crippen LogP contribution in [0.25, 0.3) is 0 Å². The predicted octanol–water partition coefficient (Wildman–Crippen LogP) is 3.82. The van der Waals surface area contributed by atoms with Gasteiger partial charge in [0.2, 0.25) is 0 Å². The Kier molecular flexibility index (Phi) is 11.6. The lowest BCUT2D eigenvalue weighted by atomic mass is 10.1. The SMILES string of the molecule is CCOP(=O)(CCC1OC(n2cc(C)c(=O)[nH]c2=O)CC1OP(OCCC#N)C(C)C)OCC. The highest BCUT2D eigenvalue weighted by atomic mass is 31.2. The van der Waals surface area contributed by atoms with E-state index in [9.17, 15) is 14.2 Å². The lowest BCUT2D eigenvalue weighted by Gasteiger charge is -2.27. The van der Waals surface area contributed by atoms with Gasteiger partial charge >= 0.3 is 13.3 Å². The van der Waals surface area contributed by atoms with Crippen molar-refractivity contribution in [2.24, 2.45) is 0 Å². The first-order valence-electron chi connectivity index (χ1n) is 11.5. The fraction of sp³-hybridized carbons (Fsp3) is 0.762. The average molecular weight is 519 g/mol. The fourth-order valence-electron chi connectivity index (χ4n) is 3.50. The molecule has 13 heteroatoms. The number of ether oxygens (including phenoxy) is 1. The number of rotatable bonds is 14. The zero-order chi connectivity index (χ0) is 25.3. The maximum atomic E-state index is 13.0. The van der Waals surface area contributed by atoms with Gasteiger partial charge in [0.25, 0.3) is 5.56 Å². The first kappa shape index (κ1) is 28.9. The number of nitrogens with zero attached hydrogens (tertiary/aromatic N) is 2. The van der Waals surface area contributed by atoms with Gasteiger partial charge in [-0.15, -0.1) is 0 Å². The van der Waals surface area contributed by atoms with Gasteiger partial charge in [-0.3, -0.25) is 18.9 Å². The first-order valence-corrected chi connectivity index (χ1v) is 14.4. The van der Waals surface area contributed by atoms with Gasteiger partial charge in [0, 0.05) is 23.8 Å². The smallest absolute Gasteiger partial charge is 0.330 e. The summed E-state index contributed by atoms with van der Waals surface area (Å²) in [5.41, 5.74) is -0.590. The van der Waals surface area contributed by atoms with Crippen molar-refractivity contribution in [2.75, 3.05) is 26.0 Å². The van der Waals surface area contributed by atoms with Gasteiger partial charge in [0.1, 0.15) is 6.23 Å². The van der Waals surface area contributed by atoms with Crippen LogP contribution in [0, 0.1) is 18.3 Å². The molecule has 0 saturated carbocycles. The third-order valence-corrected chi connectivity index (χ3v) is 8.94. The lowest BCUT2D eigenvalue weighted by molar-refractivity contribution is -0.0188. The molecule has 0 amide bonds.